The second-order valence-corrected chi connectivity index (χ2v) is 19.0. The number of hydrogen-bond donors (Lipinski definition) is 0. The van der Waals surface area contributed by atoms with Crippen LogP contribution in [0, 0.1) is 14.9 Å². The van der Waals surface area contributed by atoms with Crippen molar-refractivity contribution < 1.29 is 67.3 Å². The van der Waals surface area contributed by atoms with Crippen molar-refractivity contribution in [1.29, 1.82) is 0 Å². The molecule has 0 rings (SSSR count). The summed E-state index contributed by atoms with van der Waals surface area (Å²) < 4.78 is 58.6. The molecule has 0 bridgehead atoms. The first-order valence-corrected chi connectivity index (χ1v) is 19.6. The van der Waals surface area contributed by atoms with Crippen LogP contribution in [-0.4, -0.2) is 65.1 Å². The van der Waals surface area contributed by atoms with Crippen molar-refractivity contribution in [2.24, 2.45) is 0 Å². The molecular formula is C12H40F6P6Pt2+4. The molecule has 0 unspecified atom stereocenters. The summed E-state index contributed by atoms with van der Waals surface area (Å²) in [7, 11) is -8.31. The molecule has 0 aromatic heterocycles. The molecule has 0 aliphatic carbocycles. The van der Waals surface area contributed by atoms with Crippen molar-refractivity contribution >= 4 is 49.4 Å². The van der Waals surface area contributed by atoms with Gasteiger partial charge >= 0.3 is 17.7 Å². The largest absolute Gasteiger partial charge is 0.558 e. The van der Waals surface area contributed by atoms with Gasteiger partial charge in [-0.1, -0.05) is 0 Å². The molecular weight excluding hydrogens is 834 g/mol. The third kappa shape index (κ3) is 146. The maximum Gasteiger partial charge on any atom is 0.558 e. The van der Waals surface area contributed by atoms with E-state index in [4.69, 9.17) is 0 Å². The van der Waals surface area contributed by atoms with Crippen molar-refractivity contribution in [2.45, 2.75) is 0 Å². The van der Waals surface area contributed by atoms with Gasteiger partial charge in [-0.2, -0.15) is 0 Å². The molecule has 0 N–H and O–H groups in total. The standard InChI is InChI=1S/2C5H14P2.2CH3.2F3HP.2Pt/c2*1-6(2)5-7(3)4;;;2*1-4(2)3;;/h2*5H2,1-4H3;2*1H3;2*4H;;/q;;2*-1;2*+1;;/p+4. The van der Waals surface area contributed by atoms with Crippen LogP contribution in [0.4, 0.5) is 25.2 Å². The smallest absolute Gasteiger partial charge is 0.358 e. The number of hydrogen-bond acceptors (Lipinski definition) is 0. The second kappa shape index (κ2) is 39.1. The first-order valence-electron chi connectivity index (χ1n) is 6.55. The van der Waals surface area contributed by atoms with E-state index in [9.17, 15) is 25.2 Å². The third-order valence-electron chi connectivity index (χ3n) is 1.41. The van der Waals surface area contributed by atoms with Gasteiger partial charge in [-0.05, 0) is 0 Å². The quantitative estimate of drug-likeness (QED) is 0.152. The fourth-order valence-electron chi connectivity index (χ4n) is 1.41. The Labute approximate surface area is 195 Å². The summed E-state index contributed by atoms with van der Waals surface area (Å²) in [5, 5.41) is 0. The molecule has 0 nitrogen and oxygen atoms in total. The van der Waals surface area contributed by atoms with Gasteiger partial charge in [-0.3, -0.25) is 0 Å². The van der Waals surface area contributed by atoms with Crippen LogP contribution in [0.1, 0.15) is 0 Å². The zero-order valence-electron chi connectivity index (χ0n) is 17.3. The molecule has 26 heavy (non-hydrogen) atoms. The average molecular weight is 874 g/mol. The molecule has 0 atom stereocenters. The first kappa shape index (κ1) is 51.9. The molecule has 14 heteroatoms. The Morgan fingerprint density at radius 1 is 0.423 bits per heavy atom. The Balaban J connectivity index is -0.0000000271. The van der Waals surface area contributed by atoms with Gasteiger partial charge in [0.25, 0.3) is 0 Å². The summed E-state index contributed by atoms with van der Waals surface area (Å²) in [4.78, 5) is 0. The number of halogens is 6. The van der Waals surface area contributed by atoms with E-state index >= 15 is 0 Å². The van der Waals surface area contributed by atoms with Gasteiger partial charge in [-0.25, -0.2) is 0 Å². The van der Waals surface area contributed by atoms with E-state index in [1.54, 1.807) is 11.8 Å². The summed E-state index contributed by atoms with van der Waals surface area (Å²) in [6, 6.07) is 0. The summed E-state index contributed by atoms with van der Waals surface area (Å²) in [5.41, 5.74) is 0. The molecule has 0 aromatic carbocycles. The topological polar surface area (TPSA) is 0 Å². The molecule has 0 spiro atoms. The van der Waals surface area contributed by atoms with Crippen LogP contribution in [-0.2, 0) is 42.1 Å². The molecule has 176 valence electrons. The Kier molecular flexibility index (Phi) is 77.9. The van der Waals surface area contributed by atoms with Crippen molar-refractivity contribution in [1.82, 2.24) is 0 Å². The predicted molar refractivity (Wildman–Crippen MR) is 126 cm³/mol. The molecule has 0 aromatic rings. The van der Waals surface area contributed by atoms with Crippen LogP contribution in [0.15, 0.2) is 0 Å². The predicted octanol–water partition coefficient (Wildman–Crippen LogP) is 8.39. The van der Waals surface area contributed by atoms with Crippen LogP contribution in [0.3, 0.4) is 0 Å². The van der Waals surface area contributed by atoms with E-state index in [1.807, 2.05) is 0 Å². The normalized spacial score (nSPS) is 8.77. The van der Waals surface area contributed by atoms with E-state index in [0.717, 1.165) is 0 Å². The Morgan fingerprint density at radius 2 is 0.500 bits per heavy atom. The molecule has 0 fully saturated rings. The second-order valence-electron chi connectivity index (χ2n) is 5.61. The minimum Gasteiger partial charge on any atom is -0.358 e. The minimum absolute atomic E-state index is 0. The summed E-state index contributed by atoms with van der Waals surface area (Å²) in [6.07, 6.45) is 0. The number of rotatable bonds is 4. The monoisotopic (exact) mass is 874 g/mol. The van der Waals surface area contributed by atoms with E-state index in [2.05, 4.69) is 53.3 Å². The van der Waals surface area contributed by atoms with Crippen LogP contribution in [0.5, 0.6) is 0 Å². The Bertz CT molecular complexity index is 170. The average Bonchev–Trinajstić information content (AvgIpc) is 2.10. The molecule has 0 radical (unpaired) electrons. The van der Waals surface area contributed by atoms with Gasteiger partial charge in [0.15, 0.2) is 11.8 Å². The van der Waals surface area contributed by atoms with Crippen LogP contribution < -0.4 is 0 Å². The van der Waals surface area contributed by atoms with Gasteiger partial charge in [0, 0.05) is 152 Å². The van der Waals surface area contributed by atoms with Crippen LogP contribution in [0.25, 0.3) is 0 Å². The van der Waals surface area contributed by atoms with E-state index in [-0.39, 0.29) is 88.7 Å². The van der Waals surface area contributed by atoms with Crippen LogP contribution >= 0.6 is 49.4 Å². The summed E-state index contributed by atoms with van der Waals surface area (Å²) in [6.45, 7) is 19.1. The Hall–Kier alpha value is 3.54. The molecule has 0 amide bonds. The van der Waals surface area contributed by atoms with Gasteiger partial charge < -0.3 is 14.9 Å². The van der Waals surface area contributed by atoms with Gasteiger partial charge in [0.1, 0.15) is 0 Å². The molecule has 0 aliphatic heterocycles. The summed E-state index contributed by atoms with van der Waals surface area (Å²) >= 11 is 0. The first-order chi connectivity index (χ1) is 9.72. The van der Waals surface area contributed by atoms with E-state index in [0.29, 0.717) is 0 Å². The summed E-state index contributed by atoms with van der Waals surface area (Å²) in [5.74, 6) is 3.13. The molecule has 0 saturated heterocycles. The molecule has 0 aliphatic rings. The van der Waals surface area contributed by atoms with Gasteiger partial charge in [0.2, 0.25) is 0 Å². The van der Waals surface area contributed by atoms with Gasteiger partial charge in [-0.15, -0.1) is 0 Å². The van der Waals surface area contributed by atoms with Crippen molar-refractivity contribution in [3.63, 3.8) is 0 Å². The third-order valence-corrected chi connectivity index (χ3v) is 12.7. The Morgan fingerprint density at radius 3 is 0.500 bits per heavy atom. The SMILES string of the molecule is C[PH+](C)C[PH+](C)C.C[PH+](C)C[PH+](C)C.F[PH+](F)F.F[PH+](F)F.[CH3-].[CH3-].[Pt].[Pt]. The van der Waals surface area contributed by atoms with E-state index < -0.39 is 17.7 Å². The van der Waals surface area contributed by atoms with Crippen molar-refractivity contribution in [3.8, 4) is 0 Å². The zero-order valence-corrected chi connectivity index (χ0v) is 27.9. The molecule has 0 saturated carbocycles. The molecule has 0 heterocycles. The van der Waals surface area contributed by atoms with Gasteiger partial charge in [0.05, 0.1) is 0 Å². The minimum atomic E-state index is -4.38. The maximum absolute atomic E-state index is 9.77. The van der Waals surface area contributed by atoms with Crippen molar-refractivity contribution in [3.05, 3.63) is 14.9 Å². The fourth-order valence-corrected chi connectivity index (χ4v) is 12.7. The maximum atomic E-state index is 9.77. The fraction of sp³-hybridized carbons (Fsp3) is 0.833. The van der Waals surface area contributed by atoms with Crippen molar-refractivity contribution in [2.75, 3.05) is 65.1 Å². The van der Waals surface area contributed by atoms with Crippen LogP contribution in [0.2, 0.25) is 0 Å². The zero-order chi connectivity index (χ0) is 18.9. The van der Waals surface area contributed by atoms with E-state index in [1.165, 1.54) is 0 Å².